The van der Waals surface area contributed by atoms with E-state index in [1.54, 1.807) is 6.07 Å². The standard InChI is InChI=1S/C25H28BN3O4/c1-24(2)25(3,4)33-26(32-24)18-7-5-8-19(15-18)28-22(30)17-10-9-16-13-21-23(31)27-11-6-12-29(21)20(16)14-17/h5,7-10,13-15H,6,11-12H2,1-4H3,(H,27,31)(H,28,30). The largest absolute Gasteiger partial charge is 0.494 e. The summed E-state index contributed by atoms with van der Waals surface area (Å²) in [6.45, 7) is 9.45. The number of carbonyl (C=O) groups is 2. The van der Waals surface area contributed by atoms with Crippen LogP contribution in [0, 0.1) is 0 Å². The molecule has 2 aromatic carbocycles. The summed E-state index contributed by atoms with van der Waals surface area (Å²) < 4.78 is 14.3. The highest BCUT2D eigenvalue weighted by atomic mass is 16.7. The van der Waals surface area contributed by atoms with E-state index >= 15 is 0 Å². The Kier molecular flexibility index (Phi) is 5.10. The molecule has 33 heavy (non-hydrogen) atoms. The van der Waals surface area contributed by atoms with Crippen molar-refractivity contribution in [3.63, 3.8) is 0 Å². The van der Waals surface area contributed by atoms with Crippen molar-refractivity contribution < 1.29 is 18.9 Å². The summed E-state index contributed by atoms with van der Waals surface area (Å²) in [5.41, 5.74) is 2.71. The molecular formula is C25H28BN3O4. The van der Waals surface area contributed by atoms with Gasteiger partial charge in [0.15, 0.2) is 0 Å². The number of hydrogen-bond donors (Lipinski definition) is 2. The third-order valence-corrected chi connectivity index (χ3v) is 6.91. The van der Waals surface area contributed by atoms with Crippen LogP contribution in [-0.4, -0.2) is 41.2 Å². The highest BCUT2D eigenvalue weighted by Gasteiger charge is 2.51. The molecule has 0 saturated carbocycles. The molecule has 1 aromatic heterocycles. The average molecular weight is 445 g/mol. The van der Waals surface area contributed by atoms with Gasteiger partial charge in [-0.15, -0.1) is 0 Å². The average Bonchev–Trinajstić information content (AvgIpc) is 3.16. The molecule has 1 fully saturated rings. The fourth-order valence-electron chi connectivity index (χ4n) is 4.30. The number of benzene rings is 2. The summed E-state index contributed by atoms with van der Waals surface area (Å²) in [5, 5.41) is 6.84. The minimum atomic E-state index is -0.495. The van der Waals surface area contributed by atoms with Gasteiger partial charge >= 0.3 is 7.12 Å². The first kappa shape index (κ1) is 21.7. The van der Waals surface area contributed by atoms with E-state index in [0.717, 1.165) is 29.3 Å². The van der Waals surface area contributed by atoms with Crippen molar-refractivity contribution in [1.82, 2.24) is 9.88 Å². The van der Waals surface area contributed by atoms with Crippen LogP contribution in [0.1, 0.15) is 55.0 Å². The number of amides is 2. The molecule has 5 rings (SSSR count). The van der Waals surface area contributed by atoms with Gasteiger partial charge in [0.25, 0.3) is 11.8 Å². The summed E-state index contributed by atoms with van der Waals surface area (Å²) in [6, 6.07) is 14.9. The predicted octanol–water partition coefficient (Wildman–Crippen LogP) is 3.33. The molecule has 0 radical (unpaired) electrons. The van der Waals surface area contributed by atoms with Crippen LogP contribution in [0.15, 0.2) is 48.5 Å². The molecule has 170 valence electrons. The predicted molar refractivity (Wildman–Crippen MR) is 129 cm³/mol. The van der Waals surface area contributed by atoms with Gasteiger partial charge in [-0.3, -0.25) is 9.59 Å². The molecule has 0 bridgehead atoms. The Morgan fingerprint density at radius 3 is 2.58 bits per heavy atom. The maximum absolute atomic E-state index is 13.1. The lowest BCUT2D eigenvalue weighted by molar-refractivity contribution is 0.00578. The van der Waals surface area contributed by atoms with E-state index in [2.05, 4.69) is 10.6 Å². The van der Waals surface area contributed by atoms with Crippen molar-refractivity contribution in [2.75, 3.05) is 11.9 Å². The number of aromatic nitrogens is 1. The maximum atomic E-state index is 13.1. The second-order valence-corrected chi connectivity index (χ2v) is 9.73. The maximum Gasteiger partial charge on any atom is 0.494 e. The van der Waals surface area contributed by atoms with Crippen molar-refractivity contribution in [2.45, 2.75) is 51.9 Å². The van der Waals surface area contributed by atoms with Crippen molar-refractivity contribution in [1.29, 1.82) is 0 Å². The normalized spacial score (nSPS) is 19.2. The highest BCUT2D eigenvalue weighted by molar-refractivity contribution is 6.62. The quantitative estimate of drug-likeness (QED) is 0.607. The number of carbonyl (C=O) groups excluding carboxylic acids is 2. The van der Waals surface area contributed by atoms with Crippen molar-refractivity contribution in [3.8, 4) is 0 Å². The van der Waals surface area contributed by atoms with Crippen molar-refractivity contribution >= 4 is 41.0 Å². The van der Waals surface area contributed by atoms with Crippen LogP contribution in [-0.2, 0) is 15.9 Å². The van der Waals surface area contributed by atoms with Crippen LogP contribution in [0.3, 0.4) is 0 Å². The number of nitrogens with one attached hydrogen (secondary N) is 2. The second kappa shape index (κ2) is 7.75. The topological polar surface area (TPSA) is 81.6 Å². The number of nitrogens with zero attached hydrogens (tertiary/aromatic N) is 1. The first-order valence-electron chi connectivity index (χ1n) is 11.3. The molecule has 0 atom stereocenters. The summed E-state index contributed by atoms with van der Waals surface area (Å²) in [5.74, 6) is -0.286. The van der Waals surface area contributed by atoms with E-state index in [4.69, 9.17) is 9.31 Å². The van der Waals surface area contributed by atoms with Crippen LogP contribution in [0.2, 0.25) is 0 Å². The molecule has 2 amide bonds. The third kappa shape index (κ3) is 3.83. The first-order valence-corrected chi connectivity index (χ1v) is 11.3. The van der Waals surface area contributed by atoms with Gasteiger partial charge in [0.05, 0.1) is 11.2 Å². The number of anilines is 1. The lowest BCUT2D eigenvalue weighted by Crippen LogP contribution is -2.41. The number of aryl methyl sites for hydroxylation is 1. The molecule has 8 heteroatoms. The van der Waals surface area contributed by atoms with Gasteiger partial charge in [-0.25, -0.2) is 0 Å². The third-order valence-electron chi connectivity index (χ3n) is 6.91. The van der Waals surface area contributed by atoms with Crippen LogP contribution in [0.5, 0.6) is 0 Å². The summed E-state index contributed by atoms with van der Waals surface area (Å²) in [7, 11) is -0.495. The fourth-order valence-corrected chi connectivity index (χ4v) is 4.30. The van der Waals surface area contributed by atoms with Crippen molar-refractivity contribution in [2.24, 2.45) is 0 Å². The Morgan fingerprint density at radius 2 is 1.82 bits per heavy atom. The van der Waals surface area contributed by atoms with Crippen LogP contribution in [0.4, 0.5) is 5.69 Å². The zero-order chi connectivity index (χ0) is 23.4. The zero-order valence-corrected chi connectivity index (χ0v) is 19.4. The monoisotopic (exact) mass is 445 g/mol. The van der Waals surface area contributed by atoms with Gasteiger partial charge < -0.3 is 24.5 Å². The minimum Gasteiger partial charge on any atom is -0.399 e. The number of rotatable bonds is 3. The molecular weight excluding hydrogens is 417 g/mol. The summed E-state index contributed by atoms with van der Waals surface area (Å²) in [6.07, 6.45) is 0.852. The van der Waals surface area contributed by atoms with Crippen molar-refractivity contribution in [3.05, 3.63) is 59.8 Å². The number of fused-ring (bicyclic) bond motifs is 3. The molecule has 3 heterocycles. The highest BCUT2D eigenvalue weighted by Crippen LogP contribution is 2.36. The smallest absolute Gasteiger partial charge is 0.399 e. The van der Waals surface area contributed by atoms with Gasteiger partial charge in [0.1, 0.15) is 5.69 Å². The Labute approximate surface area is 193 Å². The lowest BCUT2D eigenvalue weighted by atomic mass is 9.79. The van der Waals surface area contributed by atoms with E-state index in [1.165, 1.54) is 0 Å². The Bertz CT molecular complexity index is 1250. The van der Waals surface area contributed by atoms with E-state index in [9.17, 15) is 9.59 Å². The minimum absolute atomic E-state index is 0.0748. The molecule has 0 spiro atoms. The summed E-state index contributed by atoms with van der Waals surface area (Å²) in [4.78, 5) is 25.4. The van der Waals surface area contributed by atoms with Crippen LogP contribution >= 0.6 is 0 Å². The zero-order valence-electron chi connectivity index (χ0n) is 19.4. The van der Waals surface area contributed by atoms with Crippen LogP contribution in [0.25, 0.3) is 10.9 Å². The Morgan fingerprint density at radius 1 is 1.06 bits per heavy atom. The van der Waals surface area contributed by atoms with Crippen LogP contribution < -0.4 is 16.1 Å². The van der Waals surface area contributed by atoms with E-state index in [1.807, 2.05) is 74.7 Å². The molecule has 0 aliphatic carbocycles. The van der Waals surface area contributed by atoms with Gasteiger partial charge in [0.2, 0.25) is 0 Å². The SMILES string of the molecule is CC1(C)OB(c2cccc(NC(=O)c3ccc4cc5n(c4c3)CCCNC5=O)c2)OC1(C)C. The van der Waals surface area contributed by atoms with Gasteiger partial charge in [0, 0.05) is 35.2 Å². The summed E-state index contributed by atoms with van der Waals surface area (Å²) >= 11 is 0. The lowest BCUT2D eigenvalue weighted by Gasteiger charge is -2.32. The molecule has 2 aliphatic heterocycles. The molecule has 2 N–H and O–H groups in total. The fraction of sp³-hybridized carbons (Fsp3) is 0.360. The van der Waals surface area contributed by atoms with Gasteiger partial charge in [-0.05, 0) is 69.9 Å². The molecule has 0 unspecified atom stereocenters. The van der Waals surface area contributed by atoms with Gasteiger partial charge in [-0.2, -0.15) is 0 Å². The van der Waals surface area contributed by atoms with E-state index in [-0.39, 0.29) is 11.8 Å². The molecule has 1 saturated heterocycles. The molecule has 3 aromatic rings. The Balaban J connectivity index is 1.39. The molecule has 2 aliphatic rings. The van der Waals surface area contributed by atoms with Gasteiger partial charge in [-0.1, -0.05) is 18.2 Å². The molecule has 7 nitrogen and oxygen atoms in total. The van der Waals surface area contributed by atoms with E-state index < -0.39 is 18.3 Å². The van der Waals surface area contributed by atoms with E-state index in [0.29, 0.717) is 23.5 Å². The Hall–Kier alpha value is -3.10. The first-order chi connectivity index (χ1) is 15.6. The number of hydrogen-bond acceptors (Lipinski definition) is 4. The second-order valence-electron chi connectivity index (χ2n) is 9.73.